The number of fused-ring (bicyclic) bond motifs is 1. The van der Waals surface area contributed by atoms with Gasteiger partial charge in [0.05, 0.1) is 43.7 Å². The monoisotopic (exact) mass is 423 g/mol. The van der Waals surface area contributed by atoms with Gasteiger partial charge in [0.25, 0.3) is 0 Å². The summed E-state index contributed by atoms with van der Waals surface area (Å²) in [7, 11) is -2.05. The average Bonchev–Trinajstić information content (AvgIpc) is 2.74. The summed E-state index contributed by atoms with van der Waals surface area (Å²) in [6.07, 6.45) is 0. The van der Waals surface area contributed by atoms with Gasteiger partial charge in [0, 0.05) is 6.07 Å². The Morgan fingerprint density at radius 1 is 1.07 bits per heavy atom. The molecule has 0 saturated carbocycles. The van der Waals surface area contributed by atoms with Crippen molar-refractivity contribution in [3.63, 3.8) is 0 Å². The van der Waals surface area contributed by atoms with Gasteiger partial charge in [-0.25, -0.2) is 12.8 Å². The van der Waals surface area contributed by atoms with Gasteiger partial charge in [-0.2, -0.15) is 4.31 Å². The third-order valence-corrected chi connectivity index (χ3v) is 7.16. The van der Waals surface area contributed by atoms with Crippen LogP contribution in [-0.2, 0) is 16.6 Å². The molecule has 0 bridgehead atoms. The van der Waals surface area contributed by atoms with Gasteiger partial charge in [0.1, 0.15) is 31.3 Å². The van der Waals surface area contributed by atoms with E-state index >= 15 is 0 Å². The first-order valence-electron chi connectivity index (χ1n) is 9.53. The molecule has 156 valence electrons. The first-order chi connectivity index (χ1) is 14.0. The summed E-state index contributed by atoms with van der Waals surface area (Å²) in [4.78, 5) is 1.39. The maximum absolute atomic E-state index is 13.6. The van der Waals surface area contributed by atoms with Crippen molar-refractivity contribution in [2.75, 3.05) is 46.5 Å². The largest absolute Gasteiger partial charge is 0.496 e. The van der Waals surface area contributed by atoms with Crippen molar-refractivity contribution >= 4 is 10.0 Å². The highest BCUT2D eigenvalue weighted by atomic mass is 32.2. The summed E-state index contributed by atoms with van der Waals surface area (Å²) in [5.74, 6) is 1.36. The van der Waals surface area contributed by atoms with Crippen LogP contribution in [0.2, 0.25) is 0 Å². The molecule has 0 amide bonds. The molecule has 1 N–H and O–H groups in total. The number of hydrogen-bond donors (Lipinski definition) is 1. The minimum absolute atomic E-state index is 0.206. The molecule has 2 aromatic carbocycles. The average molecular weight is 423 g/mol. The lowest BCUT2D eigenvalue weighted by Crippen LogP contribution is -3.13. The topological polar surface area (TPSA) is 69.5 Å². The Morgan fingerprint density at radius 2 is 1.79 bits per heavy atom. The Bertz CT molecular complexity index is 990. The number of rotatable bonds is 5. The standard InChI is InChI=1S/C20H23FN2O5S/c1-26-18-4-2-16(21)12-15(18)14-22-6-8-23(9-7-22)29(24,25)17-3-5-19-20(13-17)28-11-10-27-19/h2-5,12-13H,6-11,14H2,1H3/p+1. The number of methoxy groups -OCH3 is 1. The van der Waals surface area contributed by atoms with Crippen LogP contribution in [0.5, 0.6) is 17.2 Å². The van der Waals surface area contributed by atoms with Gasteiger partial charge in [-0.1, -0.05) is 0 Å². The highest BCUT2D eigenvalue weighted by Crippen LogP contribution is 2.33. The number of nitrogens with one attached hydrogen (secondary N) is 1. The Labute approximate surface area is 169 Å². The molecular formula is C20H24FN2O5S+. The van der Waals surface area contributed by atoms with Crippen molar-refractivity contribution < 1.29 is 31.9 Å². The zero-order valence-corrected chi connectivity index (χ0v) is 17.0. The lowest BCUT2D eigenvalue weighted by molar-refractivity contribution is -0.917. The number of hydrogen-bond acceptors (Lipinski definition) is 5. The molecule has 2 heterocycles. The van der Waals surface area contributed by atoms with Crippen LogP contribution in [0.4, 0.5) is 4.39 Å². The zero-order valence-electron chi connectivity index (χ0n) is 16.2. The molecule has 0 aromatic heterocycles. The zero-order chi connectivity index (χ0) is 20.4. The van der Waals surface area contributed by atoms with Gasteiger partial charge >= 0.3 is 0 Å². The number of piperazine rings is 1. The highest BCUT2D eigenvalue weighted by Gasteiger charge is 2.31. The molecule has 0 atom stereocenters. The molecule has 2 aliphatic heterocycles. The van der Waals surface area contributed by atoms with E-state index in [1.54, 1.807) is 25.3 Å². The summed E-state index contributed by atoms with van der Waals surface area (Å²) >= 11 is 0. The minimum atomic E-state index is -3.61. The van der Waals surface area contributed by atoms with Gasteiger partial charge in [-0.3, -0.25) is 0 Å². The molecule has 0 radical (unpaired) electrons. The smallest absolute Gasteiger partial charge is 0.243 e. The molecule has 1 saturated heterocycles. The van der Waals surface area contributed by atoms with E-state index in [1.165, 1.54) is 27.4 Å². The van der Waals surface area contributed by atoms with Crippen LogP contribution < -0.4 is 19.1 Å². The second-order valence-corrected chi connectivity index (χ2v) is 9.03. The van der Waals surface area contributed by atoms with Gasteiger partial charge in [0.2, 0.25) is 10.0 Å². The summed E-state index contributed by atoms with van der Waals surface area (Å²) in [5.41, 5.74) is 0.783. The van der Waals surface area contributed by atoms with Crippen molar-refractivity contribution in [1.82, 2.24) is 4.31 Å². The van der Waals surface area contributed by atoms with E-state index in [-0.39, 0.29) is 10.7 Å². The number of nitrogens with zero attached hydrogens (tertiary/aromatic N) is 1. The Balaban J connectivity index is 1.43. The number of ether oxygens (including phenoxy) is 3. The maximum Gasteiger partial charge on any atom is 0.243 e. The van der Waals surface area contributed by atoms with Gasteiger partial charge in [-0.15, -0.1) is 0 Å². The Hall–Kier alpha value is -2.36. The van der Waals surface area contributed by atoms with E-state index in [0.717, 1.165) is 5.56 Å². The molecular weight excluding hydrogens is 399 g/mol. The van der Waals surface area contributed by atoms with Crippen LogP contribution in [-0.4, -0.2) is 59.2 Å². The van der Waals surface area contributed by atoms with Crippen LogP contribution in [0.3, 0.4) is 0 Å². The van der Waals surface area contributed by atoms with Crippen LogP contribution in [0, 0.1) is 5.82 Å². The predicted octanol–water partition coefficient (Wildman–Crippen LogP) is 0.695. The molecule has 7 nitrogen and oxygen atoms in total. The lowest BCUT2D eigenvalue weighted by Gasteiger charge is -2.32. The second-order valence-electron chi connectivity index (χ2n) is 7.09. The Kier molecular flexibility index (Phi) is 5.62. The predicted molar refractivity (Wildman–Crippen MR) is 104 cm³/mol. The first-order valence-corrected chi connectivity index (χ1v) is 11.0. The van der Waals surface area contributed by atoms with Crippen LogP contribution in [0.15, 0.2) is 41.3 Å². The van der Waals surface area contributed by atoms with Crippen molar-refractivity contribution in [3.8, 4) is 17.2 Å². The number of halogens is 1. The minimum Gasteiger partial charge on any atom is -0.496 e. The molecule has 2 aromatic rings. The van der Waals surface area contributed by atoms with Gasteiger partial charge < -0.3 is 19.1 Å². The molecule has 2 aliphatic rings. The summed E-state index contributed by atoms with van der Waals surface area (Å²) in [6, 6.07) is 9.19. The van der Waals surface area contributed by atoms with Crippen LogP contribution in [0.1, 0.15) is 5.56 Å². The normalized spacial score (nSPS) is 17.9. The maximum atomic E-state index is 13.6. The fourth-order valence-corrected chi connectivity index (χ4v) is 5.16. The van der Waals surface area contributed by atoms with Crippen molar-refractivity contribution in [2.45, 2.75) is 11.4 Å². The van der Waals surface area contributed by atoms with Crippen molar-refractivity contribution in [1.29, 1.82) is 0 Å². The molecule has 9 heteroatoms. The van der Waals surface area contributed by atoms with E-state index in [4.69, 9.17) is 14.2 Å². The number of benzene rings is 2. The summed E-state index contributed by atoms with van der Waals surface area (Å²) in [6.45, 7) is 3.49. The molecule has 29 heavy (non-hydrogen) atoms. The van der Waals surface area contributed by atoms with E-state index in [9.17, 15) is 12.8 Å². The fraction of sp³-hybridized carbons (Fsp3) is 0.400. The van der Waals surface area contributed by atoms with Gasteiger partial charge in [0.15, 0.2) is 11.5 Å². The SMILES string of the molecule is COc1ccc(F)cc1C[NH+]1CCN(S(=O)(=O)c2ccc3c(c2)OCCO3)CC1. The summed E-state index contributed by atoms with van der Waals surface area (Å²) in [5, 5.41) is 0. The fourth-order valence-electron chi connectivity index (χ4n) is 3.71. The van der Waals surface area contributed by atoms with E-state index in [2.05, 4.69) is 0 Å². The van der Waals surface area contributed by atoms with Gasteiger partial charge in [-0.05, 0) is 30.3 Å². The van der Waals surface area contributed by atoms with Crippen molar-refractivity contribution in [2.24, 2.45) is 0 Å². The van der Waals surface area contributed by atoms with E-state index < -0.39 is 10.0 Å². The second kappa shape index (κ2) is 8.17. The first kappa shape index (κ1) is 19.9. The summed E-state index contributed by atoms with van der Waals surface area (Å²) < 4.78 is 57.4. The molecule has 4 rings (SSSR count). The van der Waals surface area contributed by atoms with E-state index in [0.29, 0.717) is 63.2 Å². The molecule has 0 aliphatic carbocycles. The highest BCUT2D eigenvalue weighted by molar-refractivity contribution is 7.89. The number of quaternary nitrogens is 1. The third kappa shape index (κ3) is 4.17. The third-order valence-electron chi connectivity index (χ3n) is 5.26. The van der Waals surface area contributed by atoms with Crippen molar-refractivity contribution in [3.05, 3.63) is 47.8 Å². The van der Waals surface area contributed by atoms with E-state index in [1.807, 2.05) is 0 Å². The lowest BCUT2D eigenvalue weighted by atomic mass is 10.1. The Morgan fingerprint density at radius 3 is 2.52 bits per heavy atom. The van der Waals surface area contributed by atoms with Crippen LogP contribution >= 0.6 is 0 Å². The molecule has 1 fully saturated rings. The quantitative estimate of drug-likeness (QED) is 0.767. The van der Waals surface area contributed by atoms with Crippen LogP contribution in [0.25, 0.3) is 0 Å². The number of sulfonamides is 1. The molecule has 0 unspecified atom stereocenters. The molecule has 0 spiro atoms.